The van der Waals surface area contributed by atoms with Gasteiger partial charge in [-0.05, 0) is 29.1 Å². The molecule has 3 atom stereocenters. The molecule has 0 saturated carbocycles. The van der Waals surface area contributed by atoms with Crippen molar-refractivity contribution in [3.8, 4) is 5.75 Å². The minimum absolute atomic E-state index is 0.239. The third-order valence-corrected chi connectivity index (χ3v) is 7.41. The predicted octanol–water partition coefficient (Wildman–Crippen LogP) is 5.68. The molecule has 1 N–H and O–H groups in total. The van der Waals surface area contributed by atoms with Gasteiger partial charge in [-0.3, -0.25) is 9.78 Å². The van der Waals surface area contributed by atoms with Crippen molar-refractivity contribution >= 4 is 22.3 Å². The van der Waals surface area contributed by atoms with Gasteiger partial charge in [-0.15, -0.1) is 0 Å². The van der Waals surface area contributed by atoms with Crippen LogP contribution in [-0.4, -0.2) is 27.2 Å². The second kappa shape index (κ2) is 7.95. The fraction of sp³-hybridized carbons (Fsp3) is 0.0938. The second-order valence-corrected chi connectivity index (χ2v) is 9.44. The topological polar surface area (TPSA) is 71.8 Å². The maximum Gasteiger partial charge on any atom is 0.227 e. The summed E-state index contributed by atoms with van der Waals surface area (Å²) in [6.07, 6.45) is 1.71. The molecule has 5 aromatic rings. The zero-order chi connectivity index (χ0) is 25.0. The first-order valence-electron chi connectivity index (χ1n) is 12.2. The van der Waals surface area contributed by atoms with Crippen LogP contribution in [0.15, 0.2) is 126 Å². The van der Waals surface area contributed by atoms with Crippen molar-refractivity contribution in [2.75, 3.05) is 0 Å². The number of ether oxygens (including phenoxy) is 1. The zero-order valence-electron chi connectivity index (χ0n) is 19.8. The van der Waals surface area contributed by atoms with E-state index in [0.29, 0.717) is 28.3 Å². The van der Waals surface area contributed by atoms with Crippen molar-refractivity contribution in [2.45, 2.75) is 17.2 Å². The predicted molar refractivity (Wildman–Crippen MR) is 142 cm³/mol. The lowest BCUT2D eigenvalue weighted by Gasteiger charge is -2.36. The van der Waals surface area contributed by atoms with Crippen LogP contribution in [-0.2, 0) is 5.72 Å². The number of carbonyl (C=O) groups is 1. The van der Waals surface area contributed by atoms with Crippen molar-refractivity contribution < 1.29 is 14.6 Å². The number of rotatable bonds is 3. The molecule has 3 heterocycles. The van der Waals surface area contributed by atoms with Gasteiger partial charge in [0.15, 0.2) is 5.72 Å². The van der Waals surface area contributed by atoms with Gasteiger partial charge < -0.3 is 9.84 Å². The van der Waals surface area contributed by atoms with E-state index in [1.165, 1.54) is 0 Å². The van der Waals surface area contributed by atoms with Crippen LogP contribution >= 0.6 is 0 Å². The van der Waals surface area contributed by atoms with E-state index in [9.17, 15) is 9.90 Å². The van der Waals surface area contributed by atoms with E-state index in [1.807, 2.05) is 103 Å². The van der Waals surface area contributed by atoms with E-state index in [1.54, 1.807) is 18.3 Å². The standard InChI is InChI=1S/C32H22N2O3/c35-30-25-17-9-10-18-26(25)37-31(30)28(22-12-3-1-4-13-22)32(36,23-14-5-2-6-15-23)34-29(31)27-24-16-8-7-11-21(24)19-20-33-27/h1-20,28,36H/t28-,31+,32-/m0/s1. The van der Waals surface area contributed by atoms with E-state index in [4.69, 9.17) is 14.7 Å². The molecule has 0 unspecified atom stereocenters. The van der Waals surface area contributed by atoms with Gasteiger partial charge in [-0.2, -0.15) is 0 Å². The number of carbonyl (C=O) groups excluding carboxylic acids is 1. The summed E-state index contributed by atoms with van der Waals surface area (Å²) in [5.41, 5.74) is -0.771. The molecular weight excluding hydrogens is 460 g/mol. The van der Waals surface area contributed by atoms with E-state index < -0.39 is 17.2 Å². The Morgan fingerprint density at radius 3 is 2.22 bits per heavy atom. The number of benzene rings is 4. The fourth-order valence-electron chi connectivity index (χ4n) is 5.81. The number of fused-ring (bicyclic) bond motifs is 2. The summed E-state index contributed by atoms with van der Waals surface area (Å²) >= 11 is 0. The Hall–Kier alpha value is -4.61. The van der Waals surface area contributed by atoms with Crippen LogP contribution in [0.25, 0.3) is 10.8 Å². The summed E-state index contributed by atoms with van der Waals surface area (Å²) in [5, 5.41) is 14.3. The third-order valence-electron chi connectivity index (χ3n) is 7.41. The summed E-state index contributed by atoms with van der Waals surface area (Å²) in [6, 6.07) is 35.8. The molecule has 2 aliphatic rings. The number of Topliss-reactive ketones (excluding diaryl/α,β-unsaturated/α-hetero) is 1. The molecule has 0 fully saturated rings. The molecule has 1 spiro atoms. The Morgan fingerprint density at radius 1 is 0.757 bits per heavy atom. The number of aliphatic imine (C=N–C) groups is 1. The summed E-state index contributed by atoms with van der Waals surface area (Å²) in [4.78, 5) is 24.2. The Labute approximate surface area is 213 Å². The van der Waals surface area contributed by atoms with Gasteiger partial charge in [0.1, 0.15) is 11.5 Å². The average molecular weight is 483 g/mol. The van der Waals surface area contributed by atoms with Gasteiger partial charge in [-0.1, -0.05) is 97.1 Å². The Morgan fingerprint density at radius 2 is 1.43 bits per heavy atom. The van der Waals surface area contributed by atoms with Gasteiger partial charge >= 0.3 is 0 Å². The van der Waals surface area contributed by atoms with Crippen molar-refractivity contribution in [1.29, 1.82) is 0 Å². The van der Waals surface area contributed by atoms with E-state index >= 15 is 0 Å². The van der Waals surface area contributed by atoms with Crippen LogP contribution in [0.3, 0.4) is 0 Å². The van der Waals surface area contributed by atoms with Gasteiger partial charge in [0, 0.05) is 17.1 Å². The maximum atomic E-state index is 14.5. The Bertz CT molecular complexity index is 1690. The second-order valence-electron chi connectivity index (χ2n) is 9.44. The molecule has 2 aliphatic heterocycles. The number of para-hydroxylation sites is 1. The maximum absolute atomic E-state index is 14.5. The highest BCUT2D eigenvalue weighted by molar-refractivity contribution is 6.31. The third kappa shape index (κ3) is 2.98. The highest BCUT2D eigenvalue weighted by atomic mass is 16.5. The lowest BCUT2D eigenvalue weighted by atomic mass is 9.70. The molecule has 4 aromatic carbocycles. The molecule has 5 heteroatoms. The van der Waals surface area contributed by atoms with Crippen LogP contribution in [0.5, 0.6) is 5.75 Å². The van der Waals surface area contributed by atoms with Crippen LogP contribution in [0.1, 0.15) is 33.1 Å². The largest absolute Gasteiger partial charge is 0.471 e. The average Bonchev–Trinajstić information content (AvgIpc) is 3.40. The SMILES string of the molecule is O=C1c2ccccc2O[C@]12C(c1nccc3ccccc13)=N[C@](O)(c1ccccc1)[C@H]2c1ccccc1. The highest BCUT2D eigenvalue weighted by Gasteiger charge is 2.69. The Kier molecular flexibility index (Phi) is 4.65. The van der Waals surface area contributed by atoms with Crippen LogP contribution in [0, 0.1) is 0 Å². The van der Waals surface area contributed by atoms with Crippen molar-refractivity contribution in [3.63, 3.8) is 0 Å². The normalized spacial score (nSPS) is 24.2. The van der Waals surface area contributed by atoms with Crippen molar-refractivity contribution in [2.24, 2.45) is 4.99 Å². The minimum atomic E-state index is -1.78. The number of hydrogen-bond donors (Lipinski definition) is 1. The number of aromatic nitrogens is 1. The monoisotopic (exact) mass is 482 g/mol. The van der Waals surface area contributed by atoms with E-state index in [-0.39, 0.29) is 5.78 Å². The smallest absolute Gasteiger partial charge is 0.227 e. The molecule has 0 bridgehead atoms. The molecule has 37 heavy (non-hydrogen) atoms. The Balaban J connectivity index is 1.59. The van der Waals surface area contributed by atoms with Gasteiger partial charge in [0.2, 0.25) is 11.4 Å². The van der Waals surface area contributed by atoms with Crippen LogP contribution in [0.2, 0.25) is 0 Å². The zero-order valence-corrected chi connectivity index (χ0v) is 19.8. The molecule has 0 aliphatic carbocycles. The lowest BCUT2D eigenvalue weighted by Crippen LogP contribution is -2.54. The molecule has 1 aromatic heterocycles. The van der Waals surface area contributed by atoms with Crippen molar-refractivity contribution in [1.82, 2.24) is 4.98 Å². The van der Waals surface area contributed by atoms with E-state index in [2.05, 4.69) is 0 Å². The van der Waals surface area contributed by atoms with Crippen LogP contribution in [0.4, 0.5) is 0 Å². The quantitative estimate of drug-likeness (QED) is 0.359. The summed E-state index contributed by atoms with van der Waals surface area (Å²) < 4.78 is 6.69. The summed E-state index contributed by atoms with van der Waals surface area (Å²) in [5.74, 6) is -0.629. The molecular formula is C32H22N2O3. The number of ketones is 1. The minimum Gasteiger partial charge on any atom is -0.471 e. The fourth-order valence-corrected chi connectivity index (χ4v) is 5.81. The molecule has 0 saturated heterocycles. The molecule has 178 valence electrons. The molecule has 7 rings (SSSR count). The molecule has 5 nitrogen and oxygen atoms in total. The number of hydrogen-bond acceptors (Lipinski definition) is 5. The summed E-state index contributed by atoms with van der Waals surface area (Å²) in [6.45, 7) is 0. The van der Waals surface area contributed by atoms with Gasteiger partial charge in [0.25, 0.3) is 0 Å². The first-order valence-corrected chi connectivity index (χ1v) is 12.2. The van der Waals surface area contributed by atoms with Crippen molar-refractivity contribution in [3.05, 3.63) is 144 Å². The van der Waals surface area contributed by atoms with Crippen LogP contribution < -0.4 is 4.74 Å². The lowest BCUT2D eigenvalue weighted by molar-refractivity contribution is -0.0156. The molecule has 0 radical (unpaired) electrons. The van der Waals surface area contributed by atoms with Gasteiger partial charge in [0.05, 0.1) is 17.2 Å². The number of aliphatic hydroxyl groups is 1. The first kappa shape index (κ1) is 21.7. The molecule has 0 amide bonds. The number of nitrogens with zero attached hydrogens (tertiary/aromatic N) is 2. The highest BCUT2D eigenvalue weighted by Crippen LogP contribution is 2.57. The van der Waals surface area contributed by atoms with E-state index in [0.717, 1.165) is 16.3 Å². The first-order chi connectivity index (χ1) is 18.1. The van der Waals surface area contributed by atoms with Gasteiger partial charge in [-0.25, -0.2) is 4.99 Å². The number of pyridine rings is 1. The summed E-state index contributed by atoms with van der Waals surface area (Å²) in [7, 11) is 0.